The summed E-state index contributed by atoms with van der Waals surface area (Å²) in [6.45, 7) is 7.43. The number of ether oxygens (including phenoxy) is 1. The Morgan fingerprint density at radius 3 is 2.34 bits per heavy atom. The van der Waals surface area contributed by atoms with Crippen LogP contribution in [0.25, 0.3) is 16.9 Å². The van der Waals surface area contributed by atoms with Crippen LogP contribution in [0.4, 0.5) is 0 Å². The lowest BCUT2D eigenvalue weighted by atomic mass is 9.73. The molecule has 29 heavy (non-hydrogen) atoms. The molecule has 2 aromatic carbocycles. The van der Waals surface area contributed by atoms with Crippen LogP contribution < -0.4 is 0 Å². The molecule has 4 heteroatoms. The van der Waals surface area contributed by atoms with Crippen molar-refractivity contribution in [2.45, 2.75) is 40.2 Å². The fourth-order valence-corrected chi connectivity index (χ4v) is 4.15. The number of rotatable bonds is 3. The molecule has 0 spiro atoms. The molecule has 0 saturated heterocycles. The molecule has 1 aliphatic rings. The van der Waals surface area contributed by atoms with Crippen molar-refractivity contribution in [1.82, 2.24) is 4.57 Å². The van der Waals surface area contributed by atoms with Crippen LogP contribution in [0.15, 0.2) is 60.7 Å². The Morgan fingerprint density at radius 2 is 1.72 bits per heavy atom. The second kappa shape index (κ2) is 7.03. The van der Waals surface area contributed by atoms with E-state index in [1.54, 1.807) is 0 Å². The van der Waals surface area contributed by atoms with Gasteiger partial charge in [0.05, 0.1) is 11.4 Å². The van der Waals surface area contributed by atoms with Crippen LogP contribution in [0.5, 0.6) is 0 Å². The van der Waals surface area contributed by atoms with E-state index in [0.29, 0.717) is 12.0 Å². The Balaban J connectivity index is 2.05. The van der Waals surface area contributed by atoms with Crippen molar-refractivity contribution in [2.24, 2.45) is 5.41 Å². The Morgan fingerprint density at radius 1 is 1.07 bits per heavy atom. The highest BCUT2D eigenvalue weighted by molar-refractivity contribution is 6.01. The highest BCUT2D eigenvalue weighted by Gasteiger charge is 2.45. The number of hydrogen-bond donors (Lipinski definition) is 0. The van der Waals surface area contributed by atoms with E-state index in [1.807, 2.05) is 81.4 Å². The van der Waals surface area contributed by atoms with Crippen LogP contribution >= 0.6 is 0 Å². The first-order valence-corrected chi connectivity index (χ1v) is 9.86. The summed E-state index contributed by atoms with van der Waals surface area (Å²) in [5.41, 5.74) is 4.92. The Bertz CT molecular complexity index is 1080. The van der Waals surface area contributed by atoms with E-state index in [2.05, 4.69) is 4.57 Å². The van der Waals surface area contributed by atoms with Crippen molar-refractivity contribution in [3.63, 3.8) is 0 Å². The van der Waals surface area contributed by atoms with Gasteiger partial charge in [-0.05, 0) is 30.7 Å². The summed E-state index contributed by atoms with van der Waals surface area (Å²) in [6.07, 6.45) is -0.171. The molecule has 0 fully saturated rings. The van der Waals surface area contributed by atoms with Gasteiger partial charge in [0.15, 0.2) is 5.78 Å². The second-order valence-electron chi connectivity index (χ2n) is 8.44. The molecule has 148 valence electrons. The van der Waals surface area contributed by atoms with Gasteiger partial charge in [0, 0.05) is 30.0 Å². The Hall–Kier alpha value is -3.14. The molecule has 0 radical (unpaired) electrons. The van der Waals surface area contributed by atoms with E-state index in [4.69, 9.17) is 4.74 Å². The van der Waals surface area contributed by atoms with Gasteiger partial charge in [0.25, 0.3) is 0 Å². The average Bonchev–Trinajstić information content (AvgIpc) is 3.07. The first-order valence-electron chi connectivity index (χ1n) is 9.86. The lowest BCUT2D eigenvalue weighted by Gasteiger charge is -2.38. The number of esters is 1. The summed E-state index contributed by atoms with van der Waals surface area (Å²) < 4.78 is 7.88. The number of carbonyl (C=O) groups is 2. The summed E-state index contributed by atoms with van der Waals surface area (Å²) in [5, 5.41) is 0. The van der Waals surface area contributed by atoms with Gasteiger partial charge in [-0.1, -0.05) is 61.9 Å². The molecule has 0 N–H and O–H groups in total. The third-order valence-corrected chi connectivity index (χ3v) is 5.56. The first kappa shape index (κ1) is 19.2. The van der Waals surface area contributed by atoms with Crippen molar-refractivity contribution in [2.75, 3.05) is 0 Å². The molecule has 4 nitrogen and oxygen atoms in total. The van der Waals surface area contributed by atoms with Crippen molar-refractivity contribution in [3.05, 3.63) is 77.5 Å². The highest BCUT2D eigenvalue weighted by Crippen LogP contribution is 2.48. The van der Waals surface area contributed by atoms with Crippen molar-refractivity contribution in [3.8, 4) is 16.9 Å². The van der Waals surface area contributed by atoms with E-state index in [0.717, 1.165) is 28.2 Å². The SMILES string of the molecule is CC(=O)O[C@H]1c2c(cc(-c3ccccc3)n2-c2ccc(C)cc2)C(=O)CC1(C)C. The summed E-state index contributed by atoms with van der Waals surface area (Å²) in [5.74, 6) is -0.266. The number of nitrogens with zero attached hydrogens (tertiary/aromatic N) is 1. The summed E-state index contributed by atoms with van der Waals surface area (Å²) >= 11 is 0. The standard InChI is InChI=1S/C25H25NO3/c1-16-10-12-19(13-11-16)26-21(18-8-6-5-7-9-18)14-20-22(28)15-25(3,4)24(23(20)26)29-17(2)27/h5-14,24H,15H2,1-4H3/t24-/m0/s1. The average molecular weight is 387 g/mol. The van der Waals surface area contributed by atoms with Crippen LogP contribution in [0.2, 0.25) is 0 Å². The summed E-state index contributed by atoms with van der Waals surface area (Å²) in [7, 11) is 0. The van der Waals surface area contributed by atoms with Crippen molar-refractivity contribution >= 4 is 11.8 Å². The van der Waals surface area contributed by atoms with Crippen molar-refractivity contribution < 1.29 is 14.3 Å². The second-order valence-corrected chi connectivity index (χ2v) is 8.44. The summed E-state index contributed by atoms with van der Waals surface area (Å²) in [6, 6.07) is 20.1. The minimum Gasteiger partial charge on any atom is -0.455 e. The predicted molar refractivity (Wildman–Crippen MR) is 113 cm³/mol. The van der Waals surface area contributed by atoms with Gasteiger partial charge in [-0.3, -0.25) is 9.59 Å². The van der Waals surface area contributed by atoms with Crippen LogP contribution in [0, 0.1) is 12.3 Å². The monoisotopic (exact) mass is 387 g/mol. The maximum atomic E-state index is 13.1. The van der Waals surface area contributed by atoms with Crippen LogP contribution in [-0.2, 0) is 9.53 Å². The number of ketones is 1. The van der Waals surface area contributed by atoms with Crippen LogP contribution in [-0.4, -0.2) is 16.3 Å². The zero-order valence-electron chi connectivity index (χ0n) is 17.2. The lowest BCUT2D eigenvalue weighted by molar-refractivity contribution is -0.154. The predicted octanol–water partition coefficient (Wildman–Crippen LogP) is 5.67. The molecule has 1 aromatic heterocycles. The maximum absolute atomic E-state index is 13.1. The van der Waals surface area contributed by atoms with E-state index >= 15 is 0 Å². The van der Waals surface area contributed by atoms with E-state index < -0.39 is 11.5 Å². The molecule has 0 unspecified atom stereocenters. The number of carbonyl (C=O) groups excluding carboxylic acids is 2. The van der Waals surface area contributed by atoms with E-state index in [-0.39, 0.29) is 11.8 Å². The summed E-state index contributed by atoms with van der Waals surface area (Å²) in [4.78, 5) is 25.0. The normalized spacial score (nSPS) is 17.7. The zero-order valence-corrected chi connectivity index (χ0v) is 17.2. The van der Waals surface area contributed by atoms with Gasteiger partial charge in [0.2, 0.25) is 0 Å². The minimum atomic E-state index is -0.508. The minimum absolute atomic E-state index is 0.0800. The third kappa shape index (κ3) is 3.39. The van der Waals surface area contributed by atoms with Gasteiger partial charge in [0.1, 0.15) is 6.10 Å². The number of benzene rings is 2. The molecular weight excluding hydrogens is 362 g/mol. The molecule has 0 amide bonds. The molecule has 1 atom stereocenters. The molecule has 0 saturated carbocycles. The highest BCUT2D eigenvalue weighted by atomic mass is 16.5. The van der Waals surface area contributed by atoms with Gasteiger partial charge in [-0.25, -0.2) is 0 Å². The maximum Gasteiger partial charge on any atom is 0.303 e. The van der Waals surface area contributed by atoms with Gasteiger partial charge in [-0.15, -0.1) is 0 Å². The largest absolute Gasteiger partial charge is 0.455 e. The van der Waals surface area contributed by atoms with Gasteiger partial charge >= 0.3 is 5.97 Å². The van der Waals surface area contributed by atoms with Gasteiger partial charge < -0.3 is 9.30 Å². The topological polar surface area (TPSA) is 48.3 Å². The molecule has 0 bridgehead atoms. The first-order chi connectivity index (χ1) is 13.8. The van der Waals surface area contributed by atoms with Gasteiger partial charge in [-0.2, -0.15) is 0 Å². The van der Waals surface area contributed by atoms with Crippen molar-refractivity contribution in [1.29, 1.82) is 0 Å². The smallest absolute Gasteiger partial charge is 0.303 e. The number of aryl methyl sites for hydroxylation is 1. The number of aromatic nitrogens is 1. The number of fused-ring (bicyclic) bond motifs is 1. The van der Waals surface area contributed by atoms with E-state index in [1.165, 1.54) is 6.92 Å². The number of Topliss-reactive ketones (excluding diaryl/α,β-unsaturated/α-hetero) is 1. The van der Waals surface area contributed by atoms with E-state index in [9.17, 15) is 9.59 Å². The zero-order chi connectivity index (χ0) is 20.8. The molecule has 1 aliphatic carbocycles. The lowest BCUT2D eigenvalue weighted by Crippen LogP contribution is -2.35. The third-order valence-electron chi connectivity index (χ3n) is 5.56. The molecule has 3 aromatic rings. The van der Waals surface area contributed by atoms with Crippen LogP contribution in [0.3, 0.4) is 0 Å². The molecule has 4 rings (SSSR count). The fraction of sp³-hybridized carbons (Fsp3) is 0.280. The molecule has 0 aliphatic heterocycles. The van der Waals surface area contributed by atoms with Crippen LogP contribution in [0.1, 0.15) is 54.9 Å². The quantitative estimate of drug-likeness (QED) is 0.544. The number of hydrogen-bond acceptors (Lipinski definition) is 3. The molecule has 1 heterocycles. The Kier molecular flexibility index (Phi) is 4.65. The molecular formula is C25H25NO3. The fourth-order valence-electron chi connectivity index (χ4n) is 4.15. The Labute approximate surface area is 171 Å².